The van der Waals surface area contributed by atoms with E-state index in [9.17, 15) is 4.79 Å². The van der Waals surface area contributed by atoms with Crippen LogP contribution >= 0.6 is 11.6 Å². The summed E-state index contributed by atoms with van der Waals surface area (Å²) >= 11 is 5.97. The van der Waals surface area contributed by atoms with Crippen molar-refractivity contribution < 1.29 is 4.79 Å². The number of Topliss-reactive ketones (excluding diaryl/α,β-unsaturated/α-hetero) is 1. The van der Waals surface area contributed by atoms with E-state index >= 15 is 0 Å². The summed E-state index contributed by atoms with van der Waals surface area (Å²) in [6.45, 7) is 10.9. The highest BCUT2D eigenvalue weighted by molar-refractivity contribution is 6.31. The first-order valence-corrected chi connectivity index (χ1v) is 7.70. The van der Waals surface area contributed by atoms with Crippen molar-refractivity contribution >= 4 is 17.4 Å². The quantitative estimate of drug-likeness (QED) is 0.775. The van der Waals surface area contributed by atoms with Gasteiger partial charge >= 0.3 is 0 Å². The highest BCUT2D eigenvalue weighted by atomic mass is 35.5. The number of carbonyl (C=O) groups excluding carboxylic acids is 1. The molecule has 3 heteroatoms. The van der Waals surface area contributed by atoms with E-state index in [1.807, 2.05) is 19.1 Å². The maximum absolute atomic E-state index is 12.5. The summed E-state index contributed by atoms with van der Waals surface area (Å²) in [6.07, 6.45) is 1.18. The molecule has 0 amide bonds. The molecule has 0 N–H and O–H groups in total. The van der Waals surface area contributed by atoms with Crippen LogP contribution in [0.1, 0.15) is 44.5 Å². The first kappa shape index (κ1) is 15.5. The van der Waals surface area contributed by atoms with Crippen molar-refractivity contribution in [3.8, 4) is 0 Å². The molecule has 0 aliphatic carbocycles. The van der Waals surface area contributed by atoms with Crippen molar-refractivity contribution in [3.63, 3.8) is 0 Å². The minimum atomic E-state index is -0.0687. The third kappa shape index (κ3) is 3.42. The molecule has 0 saturated carbocycles. The van der Waals surface area contributed by atoms with E-state index in [4.69, 9.17) is 11.6 Å². The molecule has 1 aliphatic heterocycles. The summed E-state index contributed by atoms with van der Waals surface area (Å²) < 4.78 is 0. The van der Waals surface area contributed by atoms with E-state index in [0.29, 0.717) is 21.9 Å². The molecule has 0 radical (unpaired) electrons. The zero-order chi connectivity index (χ0) is 14.9. The highest BCUT2D eigenvalue weighted by Gasteiger charge is 2.35. The lowest BCUT2D eigenvalue weighted by Crippen LogP contribution is -2.38. The molecular weight excluding hydrogens is 270 g/mol. The number of nitrogens with zero attached hydrogens (tertiary/aromatic N) is 1. The number of hydrogen-bond donors (Lipinski definition) is 0. The van der Waals surface area contributed by atoms with Crippen molar-refractivity contribution in [1.82, 2.24) is 4.90 Å². The number of ketones is 1. The molecule has 1 aromatic rings. The van der Waals surface area contributed by atoms with Crippen LogP contribution in [0, 0.1) is 11.3 Å². The molecule has 1 heterocycles. The Hall–Kier alpha value is -0.860. The van der Waals surface area contributed by atoms with Gasteiger partial charge in [-0.1, -0.05) is 44.5 Å². The number of likely N-dealkylation sites (tertiary alicyclic amines) is 1. The molecule has 1 saturated heterocycles. The van der Waals surface area contributed by atoms with Crippen LogP contribution in [0.3, 0.4) is 0 Å². The Morgan fingerprint density at radius 2 is 2.10 bits per heavy atom. The van der Waals surface area contributed by atoms with Gasteiger partial charge in [-0.15, -0.1) is 0 Å². The van der Waals surface area contributed by atoms with Crippen molar-refractivity contribution in [2.45, 2.75) is 40.2 Å². The second kappa shape index (κ2) is 5.87. The lowest BCUT2D eigenvalue weighted by Gasteiger charge is -2.28. The lowest BCUT2D eigenvalue weighted by atomic mass is 9.80. The van der Waals surface area contributed by atoms with Crippen LogP contribution in [0.25, 0.3) is 0 Å². The summed E-state index contributed by atoms with van der Waals surface area (Å²) in [5.41, 5.74) is 1.03. The Labute approximate surface area is 127 Å². The first-order valence-electron chi connectivity index (χ1n) is 7.33. The van der Waals surface area contributed by atoms with Crippen molar-refractivity contribution in [3.05, 3.63) is 34.9 Å². The van der Waals surface area contributed by atoms with Gasteiger partial charge in [0.1, 0.15) is 0 Å². The Bertz CT molecular complexity index is 492. The first-order chi connectivity index (χ1) is 9.29. The average molecular weight is 294 g/mol. The predicted molar refractivity (Wildman–Crippen MR) is 84.4 cm³/mol. The Balaban J connectivity index is 2.05. The van der Waals surface area contributed by atoms with Gasteiger partial charge in [0.2, 0.25) is 0 Å². The van der Waals surface area contributed by atoms with Crippen molar-refractivity contribution in [1.29, 1.82) is 0 Å². The topological polar surface area (TPSA) is 20.3 Å². The zero-order valence-corrected chi connectivity index (χ0v) is 13.6. The number of benzene rings is 1. The van der Waals surface area contributed by atoms with Crippen LogP contribution in [-0.2, 0) is 0 Å². The van der Waals surface area contributed by atoms with Gasteiger partial charge in [0.15, 0.2) is 5.78 Å². The molecule has 0 bridgehead atoms. The average Bonchev–Trinajstić information content (AvgIpc) is 2.86. The van der Waals surface area contributed by atoms with Gasteiger partial charge in [-0.2, -0.15) is 0 Å². The van der Waals surface area contributed by atoms with Crippen molar-refractivity contribution in [2.24, 2.45) is 11.3 Å². The molecule has 0 spiro atoms. The van der Waals surface area contributed by atoms with Gasteiger partial charge < -0.3 is 0 Å². The molecule has 1 aromatic carbocycles. The lowest BCUT2D eigenvalue weighted by molar-refractivity contribution is 0.0853. The van der Waals surface area contributed by atoms with Crippen LogP contribution in [0.2, 0.25) is 5.02 Å². The van der Waals surface area contributed by atoms with Gasteiger partial charge in [-0.05, 0) is 43.4 Å². The molecule has 2 atom stereocenters. The third-order valence-electron chi connectivity index (χ3n) is 4.48. The van der Waals surface area contributed by atoms with Crippen molar-refractivity contribution in [2.75, 3.05) is 13.1 Å². The molecular formula is C17H24ClNO. The number of carbonyl (C=O) groups is 1. The summed E-state index contributed by atoms with van der Waals surface area (Å²) in [5, 5.41) is 0.622. The molecule has 2 rings (SSSR count). The van der Waals surface area contributed by atoms with E-state index in [1.54, 1.807) is 12.1 Å². The normalized spacial score (nSPS) is 21.9. The fourth-order valence-electron chi connectivity index (χ4n) is 2.89. The SMILES string of the molecule is CC(C(=O)c1cccc(Cl)c1)N1CCC(C(C)(C)C)C1. The van der Waals surface area contributed by atoms with Gasteiger partial charge in [0.25, 0.3) is 0 Å². The summed E-state index contributed by atoms with van der Waals surface area (Å²) in [6, 6.07) is 7.18. The summed E-state index contributed by atoms with van der Waals surface area (Å²) in [7, 11) is 0. The van der Waals surface area contributed by atoms with Crippen LogP contribution in [0.4, 0.5) is 0 Å². The van der Waals surface area contributed by atoms with Gasteiger partial charge in [0, 0.05) is 17.1 Å². The molecule has 1 aliphatic rings. The smallest absolute Gasteiger partial charge is 0.179 e. The Kier molecular flexibility index (Phi) is 4.55. The molecule has 110 valence electrons. The van der Waals surface area contributed by atoms with E-state index in [-0.39, 0.29) is 11.8 Å². The van der Waals surface area contributed by atoms with E-state index in [2.05, 4.69) is 25.7 Å². The predicted octanol–water partition coefficient (Wildman–Crippen LogP) is 4.28. The van der Waals surface area contributed by atoms with E-state index in [0.717, 1.165) is 13.1 Å². The molecule has 20 heavy (non-hydrogen) atoms. The maximum Gasteiger partial charge on any atom is 0.179 e. The Morgan fingerprint density at radius 1 is 1.40 bits per heavy atom. The van der Waals surface area contributed by atoms with E-state index < -0.39 is 0 Å². The monoisotopic (exact) mass is 293 g/mol. The molecule has 2 unspecified atom stereocenters. The van der Waals surface area contributed by atoms with Gasteiger partial charge in [0.05, 0.1) is 6.04 Å². The largest absolute Gasteiger partial charge is 0.293 e. The summed E-state index contributed by atoms with van der Waals surface area (Å²) in [5.74, 6) is 0.833. The zero-order valence-electron chi connectivity index (χ0n) is 12.8. The number of rotatable bonds is 3. The molecule has 2 nitrogen and oxygen atoms in total. The fraction of sp³-hybridized carbons (Fsp3) is 0.588. The fourth-order valence-corrected chi connectivity index (χ4v) is 3.09. The van der Waals surface area contributed by atoms with Crippen LogP contribution in [0.15, 0.2) is 24.3 Å². The Morgan fingerprint density at radius 3 is 2.65 bits per heavy atom. The maximum atomic E-state index is 12.5. The third-order valence-corrected chi connectivity index (χ3v) is 4.72. The second-order valence-corrected chi connectivity index (χ2v) is 7.33. The van der Waals surface area contributed by atoms with Gasteiger partial charge in [-0.25, -0.2) is 0 Å². The second-order valence-electron chi connectivity index (χ2n) is 6.90. The van der Waals surface area contributed by atoms with Crippen LogP contribution in [0.5, 0.6) is 0 Å². The number of halogens is 1. The molecule has 0 aromatic heterocycles. The highest BCUT2D eigenvalue weighted by Crippen LogP contribution is 2.34. The standard InChI is InChI=1S/C17H24ClNO/c1-12(16(20)13-6-5-7-15(18)10-13)19-9-8-14(11-19)17(2,3)4/h5-7,10,12,14H,8-9,11H2,1-4H3. The number of hydrogen-bond acceptors (Lipinski definition) is 2. The minimum absolute atomic E-state index is 0.0687. The minimum Gasteiger partial charge on any atom is -0.293 e. The molecule has 1 fully saturated rings. The van der Waals surface area contributed by atoms with Crippen LogP contribution < -0.4 is 0 Å². The van der Waals surface area contributed by atoms with Gasteiger partial charge in [-0.3, -0.25) is 9.69 Å². The summed E-state index contributed by atoms with van der Waals surface area (Å²) in [4.78, 5) is 14.8. The van der Waals surface area contributed by atoms with E-state index in [1.165, 1.54) is 6.42 Å². The van der Waals surface area contributed by atoms with Crippen LogP contribution in [-0.4, -0.2) is 29.8 Å².